The number of hydrogen-bond donors (Lipinski definition) is 1. The maximum atomic E-state index is 13.0. The highest BCUT2D eigenvalue weighted by Crippen LogP contribution is 2.17. The van der Waals surface area contributed by atoms with Gasteiger partial charge < -0.3 is 10.1 Å². The Hall–Kier alpha value is -1.79. The molecule has 1 aliphatic rings. The molecule has 0 saturated carbocycles. The minimum atomic E-state index is -0.188. The topological polar surface area (TPSA) is 52.0 Å². The Bertz CT molecular complexity index is 641. The Morgan fingerprint density at radius 3 is 2.91 bits per heavy atom. The third-order valence-corrected chi connectivity index (χ3v) is 4.33. The fourth-order valence-corrected chi connectivity index (χ4v) is 2.97. The van der Waals surface area contributed by atoms with Crippen molar-refractivity contribution in [2.75, 3.05) is 13.7 Å². The molecule has 0 amide bonds. The summed E-state index contributed by atoms with van der Waals surface area (Å²) in [5.74, 6) is 1.95. The van der Waals surface area contributed by atoms with Gasteiger partial charge in [0.25, 0.3) is 0 Å². The number of ether oxygens (including phenoxy) is 1. The van der Waals surface area contributed by atoms with E-state index in [1.165, 1.54) is 12.1 Å². The van der Waals surface area contributed by atoms with Crippen molar-refractivity contribution in [2.45, 2.75) is 44.9 Å². The van der Waals surface area contributed by atoms with Gasteiger partial charge in [-0.25, -0.2) is 14.1 Å². The molecule has 5 nitrogen and oxygen atoms in total. The van der Waals surface area contributed by atoms with Crippen molar-refractivity contribution in [3.8, 4) is 0 Å². The molecule has 1 aromatic carbocycles. The van der Waals surface area contributed by atoms with Gasteiger partial charge in [-0.3, -0.25) is 0 Å². The van der Waals surface area contributed by atoms with Crippen molar-refractivity contribution in [1.29, 1.82) is 0 Å². The van der Waals surface area contributed by atoms with Crippen LogP contribution in [-0.4, -0.2) is 34.5 Å². The van der Waals surface area contributed by atoms with Gasteiger partial charge in [-0.15, -0.1) is 0 Å². The largest absolute Gasteiger partial charge is 0.377 e. The number of methoxy groups -OCH3 is 1. The number of nitrogens with one attached hydrogen (secondary N) is 1. The van der Waals surface area contributed by atoms with Crippen LogP contribution in [0.4, 0.5) is 4.39 Å². The number of nitrogens with zero attached hydrogens (tertiary/aromatic N) is 3. The summed E-state index contributed by atoms with van der Waals surface area (Å²) >= 11 is 0. The number of benzene rings is 1. The lowest BCUT2D eigenvalue weighted by molar-refractivity contribution is 0.177. The van der Waals surface area contributed by atoms with Crippen LogP contribution in [0.5, 0.6) is 0 Å². The fraction of sp³-hybridized carbons (Fsp3) is 0.529. The zero-order valence-electron chi connectivity index (χ0n) is 13.6. The summed E-state index contributed by atoms with van der Waals surface area (Å²) in [6.45, 7) is 4.31. The summed E-state index contributed by atoms with van der Waals surface area (Å²) in [6.07, 6.45) is 1.99. The molecule has 0 aliphatic carbocycles. The zero-order valence-corrected chi connectivity index (χ0v) is 13.6. The molecule has 3 rings (SSSR count). The molecule has 0 spiro atoms. The van der Waals surface area contributed by atoms with Crippen molar-refractivity contribution < 1.29 is 9.13 Å². The first kappa shape index (κ1) is 16.1. The van der Waals surface area contributed by atoms with Crippen LogP contribution in [0.1, 0.15) is 36.5 Å². The zero-order chi connectivity index (χ0) is 16.2. The lowest BCUT2D eigenvalue weighted by atomic mass is 10.00. The summed E-state index contributed by atoms with van der Waals surface area (Å²) < 4.78 is 20.1. The number of aryl methyl sites for hydroxylation is 1. The SMILES string of the molecule is COCc1nc2n(n1)C[C@@H](NC[C@@H](C)c1ccc(F)cc1)CC2. The first-order valence-electron chi connectivity index (χ1n) is 8.06. The molecule has 6 heteroatoms. The smallest absolute Gasteiger partial charge is 0.176 e. The first-order valence-corrected chi connectivity index (χ1v) is 8.06. The summed E-state index contributed by atoms with van der Waals surface area (Å²) in [4.78, 5) is 4.49. The van der Waals surface area contributed by atoms with Crippen LogP contribution in [0, 0.1) is 5.82 Å². The van der Waals surface area contributed by atoms with E-state index in [9.17, 15) is 4.39 Å². The third-order valence-electron chi connectivity index (χ3n) is 4.33. The molecule has 1 aromatic heterocycles. The highest BCUT2D eigenvalue weighted by molar-refractivity contribution is 5.20. The van der Waals surface area contributed by atoms with Crippen molar-refractivity contribution in [1.82, 2.24) is 20.1 Å². The molecular weight excluding hydrogens is 295 g/mol. The number of rotatable bonds is 6. The molecule has 0 fully saturated rings. The molecule has 2 aromatic rings. The molecule has 2 atom stereocenters. The minimum absolute atomic E-state index is 0.188. The van der Waals surface area contributed by atoms with E-state index < -0.39 is 0 Å². The second-order valence-electron chi connectivity index (χ2n) is 6.16. The second kappa shape index (κ2) is 7.19. The minimum Gasteiger partial charge on any atom is -0.377 e. The fourth-order valence-electron chi connectivity index (χ4n) is 2.97. The Kier molecular flexibility index (Phi) is 5.03. The highest BCUT2D eigenvalue weighted by Gasteiger charge is 2.21. The number of fused-ring (bicyclic) bond motifs is 1. The van der Waals surface area contributed by atoms with Crippen LogP contribution in [0.15, 0.2) is 24.3 Å². The molecule has 0 bridgehead atoms. The van der Waals surface area contributed by atoms with Gasteiger partial charge in [-0.05, 0) is 30.0 Å². The summed E-state index contributed by atoms with van der Waals surface area (Å²) in [6, 6.07) is 7.14. The van der Waals surface area contributed by atoms with Crippen molar-refractivity contribution in [2.24, 2.45) is 0 Å². The van der Waals surface area contributed by atoms with Crippen molar-refractivity contribution in [3.05, 3.63) is 47.3 Å². The third kappa shape index (κ3) is 3.95. The van der Waals surface area contributed by atoms with Crippen LogP contribution < -0.4 is 5.32 Å². The maximum absolute atomic E-state index is 13.0. The predicted molar refractivity (Wildman–Crippen MR) is 85.7 cm³/mol. The van der Waals surface area contributed by atoms with Gasteiger partial charge >= 0.3 is 0 Å². The average Bonchev–Trinajstić information content (AvgIpc) is 2.95. The highest BCUT2D eigenvalue weighted by atomic mass is 19.1. The molecule has 0 radical (unpaired) electrons. The molecule has 1 aliphatic heterocycles. The molecule has 1 N–H and O–H groups in total. The Labute approximate surface area is 135 Å². The summed E-state index contributed by atoms with van der Waals surface area (Å²) in [5, 5.41) is 8.09. The van der Waals surface area contributed by atoms with Crippen LogP contribution in [0.25, 0.3) is 0 Å². The molecule has 124 valence electrons. The maximum Gasteiger partial charge on any atom is 0.176 e. The van der Waals surface area contributed by atoms with Gasteiger partial charge in [0.15, 0.2) is 5.82 Å². The van der Waals surface area contributed by atoms with Crippen LogP contribution in [0.2, 0.25) is 0 Å². The Morgan fingerprint density at radius 2 is 2.17 bits per heavy atom. The summed E-state index contributed by atoms with van der Waals surface area (Å²) in [5.41, 5.74) is 1.15. The number of hydrogen-bond acceptors (Lipinski definition) is 4. The van der Waals surface area contributed by atoms with E-state index in [0.717, 1.165) is 43.1 Å². The van der Waals surface area contributed by atoms with Crippen LogP contribution >= 0.6 is 0 Å². The number of aromatic nitrogens is 3. The number of halogens is 1. The second-order valence-corrected chi connectivity index (χ2v) is 6.16. The predicted octanol–water partition coefficient (Wildman–Crippen LogP) is 2.27. The van der Waals surface area contributed by atoms with E-state index >= 15 is 0 Å². The van der Waals surface area contributed by atoms with E-state index in [1.54, 1.807) is 7.11 Å². The monoisotopic (exact) mass is 318 g/mol. The van der Waals surface area contributed by atoms with Gasteiger partial charge in [0.2, 0.25) is 0 Å². The van der Waals surface area contributed by atoms with Crippen LogP contribution in [-0.2, 0) is 24.3 Å². The van der Waals surface area contributed by atoms with Gasteiger partial charge in [0.1, 0.15) is 18.2 Å². The van der Waals surface area contributed by atoms with Gasteiger partial charge in [-0.1, -0.05) is 19.1 Å². The molecular formula is C17H23FN4O. The average molecular weight is 318 g/mol. The lowest BCUT2D eigenvalue weighted by Gasteiger charge is -2.25. The van der Waals surface area contributed by atoms with Gasteiger partial charge in [0.05, 0.1) is 6.54 Å². The molecule has 0 unspecified atom stereocenters. The van der Waals surface area contributed by atoms with E-state index in [0.29, 0.717) is 18.6 Å². The molecule has 0 saturated heterocycles. The first-order chi connectivity index (χ1) is 11.2. The molecule has 2 heterocycles. The van der Waals surface area contributed by atoms with E-state index in [4.69, 9.17) is 4.74 Å². The lowest BCUT2D eigenvalue weighted by Crippen LogP contribution is -2.39. The van der Waals surface area contributed by atoms with E-state index in [-0.39, 0.29) is 5.82 Å². The Balaban J connectivity index is 1.54. The van der Waals surface area contributed by atoms with E-state index in [2.05, 4.69) is 22.3 Å². The van der Waals surface area contributed by atoms with E-state index in [1.807, 2.05) is 16.8 Å². The van der Waals surface area contributed by atoms with Crippen molar-refractivity contribution >= 4 is 0 Å². The normalized spacial score (nSPS) is 18.7. The Morgan fingerprint density at radius 1 is 1.39 bits per heavy atom. The van der Waals surface area contributed by atoms with Crippen molar-refractivity contribution in [3.63, 3.8) is 0 Å². The standard InChI is InChI=1S/C17H23FN4O/c1-12(13-3-5-14(18)6-4-13)9-19-15-7-8-17-20-16(11-23-2)21-22(17)10-15/h3-6,12,15,19H,7-11H2,1-2H3/t12-,15+/m1/s1. The molecule has 23 heavy (non-hydrogen) atoms. The van der Waals surface area contributed by atoms with Crippen LogP contribution in [0.3, 0.4) is 0 Å². The quantitative estimate of drug-likeness (QED) is 0.888. The summed E-state index contributed by atoms with van der Waals surface area (Å²) in [7, 11) is 1.65. The van der Waals surface area contributed by atoms with Gasteiger partial charge in [0, 0.05) is 26.1 Å². The van der Waals surface area contributed by atoms with Gasteiger partial charge in [-0.2, -0.15) is 5.10 Å².